The molecule has 12 nitrogen and oxygen atoms in total. The Bertz CT molecular complexity index is 1270. The van der Waals surface area contributed by atoms with E-state index < -0.39 is 29.4 Å². The molecule has 3 N–H and O–H groups in total. The van der Waals surface area contributed by atoms with Crippen LogP contribution in [0.3, 0.4) is 0 Å². The van der Waals surface area contributed by atoms with Crippen LogP contribution in [0.4, 0.5) is 5.69 Å². The van der Waals surface area contributed by atoms with Gasteiger partial charge >= 0.3 is 5.97 Å². The van der Waals surface area contributed by atoms with E-state index in [0.717, 1.165) is 24.4 Å². The third kappa shape index (κ3) is 5.77. The van der Waals surface area contributed by atoms with Crippen molar-refractivity contribution in [2.45, 2.75) is 50.7 Å². The Hall–Kier alpha value is -3.87. The van der Waals surface area contributed by atoms with Crippen LogP contribution >= 0.6 is 11.5 Å². The zero-order valence-corrected chi connectivity index (χ0v) is 21.2. The van der Waals surface area contributed by atoms with Crippen molar-refractivity contribution in [1.82, 2.24) is 24.8 Å². The fraction of sp³-hybridized carbons (Fsp3) is 0.458. The first-order valence-electron chi connectivity index (χ1n) is 11.9. The van der Waals surface area contributed by atoms with E-state index in [2.05, 4.69) is 37.2 Å². The molecular formula is C24H28N6O6S. The number of hydrogen-bond donors (Lipinski definition) is 3. The Morgan fingerprint density at radius 3 is 2.73 bits per heavy atom. The lowest BCUT2D eigenvalue weighted by Crippen LogP contribution is -2.74. The van der Waals surface area contributed by atoms with E-state index in [1.165, 1.54) is 41.5 Å². The monoisotopic (exact) mass is 528 g/mol. The molecule has 0 spiro atoms. The molecule has 0 aliphatic heterocycles. The number of pyridine rings is 1. The van der Waals surface area contributed by atoms with Crippen LogP contribution in [0.25, 0.3) is 0 Å². The lowest BCUT2D eigenvalue weighted by atomic mass is 9.43. The summed E-state index contributed by atoms with van der Waals surface area (Å²) in [5.74, 6) is -0.905. The molecule has 196 valence electrons. The first kappa shape index (κ1) is 26.2. The van der Waals surface area contributed by atoms with Crippen molar-refractivity contribution in [1.29, 1.82) is 0 Å². The molecule has 0 unspecified atom stereocenters. The van der Waals surface area contributed by atoms with Gasteiger partial charge in [0, 0.05) is 23.2 Å². The van der Waals surface area contributed by atoms with E-state index in [9.17, 15) is 24.0 Å². The summed E-state index contributed by atoms with van der Waals surface area (Å²) in [5, 5.41) is 13.3. The van der Waals surface area contributed by atoms with Gasteiger partial charge in [-0.2, -0.15) is 0 Å². The average Bonchev–Trinajstić information content (AvgIpc) is 3.41. The number of nitrogens with one attached hydrogen (secondary N) is 3. The topological polar surface area (TPSA) is 161 Å². The van der Waals surface area contributed by atoms with Gasteiger partial charge < -0.3 is 25.3 Å². The van der Waals surface area contributed by atoms with Crippen LogP contribution in [0, 0.1) is 11.8 Å². The van der Waals surface area contributed by atoms with E-state index in [0.29, 0.717) is 11.8 Å². The van der Waals surface area contributed by atoms with Gasteiger partial charge in [0.25, 0.3) is 11.5 Å². The normalized spacial score (nSPS) is 22.3. The van der Waals surface area contributed by atoms with Gasteiger partial charge in [-0.05, 0) is 61.2 Å². The summed E-state index contributed by atoms with van der Waals surface area (Å²) in [4.78, 5) is 62.4. The summed E-state index contributed by atoms with van der Waals surface area (Å²) in [6.07, 6.45) is 6.57. The van der Waals surface area contributed by atoms with Crippen LogP contribution in [-0.2, 0) is 25.7 Å². The summed E-state index contributed by atoms with van der Waals surface area (Å²) in [6.45, 7) is 1.95. The zero-order chi connectivity index (χ0) is 26.6. The number of nitrogens with zero attached hydrogens (tertiary/aromatic N) is 3. The molecule has 0 saturated heterocycles. The van der Waals surface area contributed by atoms with E-state index in [-0.39, 0.29) is 42.2 Å². The number of aromatic nitrogens is 3. The van der Waals surface area contributed by atoms with Gasteiger partial charge in [0.1, 0.15) is 18.3 Å². The molecule has 13 heteroatoms. The summed E-state index contributed by atoms with van der Waals surface area (Å²) in [6, 6.07) is 1.94. The van der Waals surface area contributed by atoms with Gasteiger partial charge in [-0.25, -0.2) is 4.79 Å². The van der Waals surface area contributed by atoms with Crippen molar-refractivity contribution in [3.8, 4) is 0 Å². The van der Waals surface area contributed by atoms with Crippen LogP contribution in [-0.4, -0.2) is 56.5 Å². The number of carbonyl (C=O) groups is 4. The molecule has 2 aromatic heterocycles. The number of allylic oxidation sites excluding steroid dienone is 1. The van der Waals surface area contributed by atoms with Crippen LogP contribution < -0.4 is 21.5 Å². The minimum absolute atomic E-state index is 0.0288. The highest BCUT2D eigenvalue weighted by Gasteiger charge is 2.63. The third-order valence-corrected chi connectivity index (χ3v) is 7.61. The van der Waals surface area contributed by atoms with Crippen LogP contribution in [0.15, 0.2) is 40.7 Å². The van der Waals surface area contributed by atoms with E-state index in [4.69, 9.17) is 0 Å². The van der Waals surface area contributed by atoms with Gasteiger partial charge in [-0.15, -0.1) is 5.10 Å². The number of esters is 1. The first-order valence-corrected chi connectivity index (χ1v) is 12.7. The molecule has 3 amide bonds. The van der Waals surface area contributed by atoms with Crippen LogP contribution in [0.5, 0.6) is 0 Å². The maximum Gasteiger partial charge on any atom is 0.330 e. The van der Waals surface area contributed by atoms with E-state index >= 15 is 0 Å². The summed E-state index contributed by atoms with van der Waals surface area (Å²) in [7, 11) is 1.25. The fourth-order valence-corrected chi connectivity index (χ4v) is 5.11. The third-order valence-electron chi connectivity index (χ3n) is 7.10. The molecule has 0 radical (unpaired) electrons. The molecule has 0 aromatic carbocycles. The Morgan fingerprint density at radius 2 is 2.11 bits per heavy atom. The molecule has 3 aliphatic carbocycles. The highest BCUT2D eigenvalue weighted by molar-refractivity contribution is 7.03. The number of carbonyl (C=O) groups excluding carboxylic acids is 4. The summed E-state index contributed by atoms with van der Waals surface area (Å²) in [5.41, 5.74) is -0.661. The lowest BCUT2D eigenvalue weighted by Gasteiger charge is -2.67. The molecule has 2 aromatic rings. The molecule has 3 aliphatic rings. The minimum Gasteiger partial charge on any atom is -0.466 e. The van der Waals surface area contributed by atoms with Crippen molar-refractivity contribution in [3.63, 3.8) is 0 Å². The minimum atomic E-state index is -1.04. The quantitative estimate of drug-likeness (QED) is 0.286. The number of methoxy groups -OCH3 is 1. The number of ether oxygens (including phenoxy) is 1. The Labute approximate surface area is 216 Å². The average molecular weight is 529 g/mol. The van der Waals surface area contributed by atoms with Gasteiger partial charge in [-0.1, -0.05) is 17.5 Å². The second-order valence-electron chi connectivity index (χ2n) is 9.32. The largest absolute Gasteiger partial charge is 0.466 e. The predicted molar refractivity (Wildman–Crippen MR) is 134 cm³/mol. The Balaban J connectivity index is 1.41. The predicted octanol–water partition coefficient (Wildman–Crippen LogP) is 0.861. The molecule has 5 rings (SSSR count). The highest BCUT2D eigenvalue weighted by Crippen LogP contribution is 2.61. The molecule has 37 heavy (non-hydrogen) atoms. The first-order chi connectivity index (χ1) is 17.7. The van der Waals surface area contributed by atoms with Gasteiger partial charge in [0.15, 0.2) is 5.69 Å². The molecular weight excluding hydrogens is 500 g/mol. The van der Waals surface area contributed by atoms with Crippen molar-refractivity contribution < 1.29 is 23.9 Å². The van der Waals surface area contributed by atoms with Crippen molar-refractivity contribution >= 4 is 40.9 Å². The second-order valence-corrected chi connectivity index (χ2v) is 9.93. The van der Waals surface area contributed by atoms with Crippen LogP contribution in [0.2, 0.25) is 0 Å². The lowest BCUT2D eigenvalue weighted by molar-refractivity contribution is -0.151. The Kier molecular flexibility index (Phi) is 7.81. The van der Waals surface area contributed by atoms with Gasteiger partial charge in [0.2, 0.25) is 11.8 Å². The molecule has 2 atom stereocenters. The second kappa shape index (κ2) is 11.0. The Morgan fingerprint density at radius 1 is 1.32 bits per heavy atom. The van der Waals surface area contributed by atoms with Crippen molar-refractivity contribution in [2.75, 3.05) is 12.4 Å². The molecule has 3 saturated carbocycles. The molecule has 2 heterocycles. The molecule has 3 fully saturated rings. The maximum absolute atomic E-state index is 13.1. The summed E-state index contributed by atoms with van der Waals surface area (Å²) >= 11 is 0.991. The van der Waals surface area contributed by atoms with E-state index in [1.807, 2.05) is 0 Å². The summed E-state index contributed by atoms with van der Waals surface area (Å²) < 4.78 is 9.41. The molecule has 2 bridgehead atoms. The number of anilines is 1. The van der Waals surface area contributed by atoms with Gasteiger partial charge in [-0.3, -0.25) is 19.2 Å². The number of amides is 3. The van der Waals surface area contributed by atoms with Gasteiger partial charge in [0.05, 0.1) is 7.11 Å². The van der Waals surface area contributed by atoms with Crippen molar-refractivity contribution in [3.05, 3.63) is 51.9 Å². The zero-order valence-electron chi connectivity index (χ0n) is 20.4. The maximum atomic E-state index is 13.1. The number of rotatable bonds is 11. The highest BCUT2D eigenvalue weighted by atomic mass is 32.1. The standard InChI is InChI=1S/C24H28N6O6S/c1-14-15-10-24(14,11-15)27-19(31)12-30-9-5-7-17(23(30)35)26-21(33)16(6-3-4-8-20(32)36-2)25-22(34)18-13-37-29-28-18/h4-5,7-9,13-16H,3,6,10-12H2,1-2H3,(H,25,34)(H,26,33)(H,27,31)/b8-4+/t14-,15?,16-,24?/m0/s1. The smallest absolute Gasteiger partial charge is 0.330 e. The van der Waals surface area contributed by atoms with Crippen molar-refractivity contribution in [2.24, 2.45) is 11.8 Å². The number of hydrogen-bond acceptors (Lipinski definition) is 9. The van der Waals surface area contributed by atoms with Crippen LogP contribution in [0.1, 0.15) is 43.1 Å². The van der Waals surface area contributed by atoms with E-state index in [1.54, 1.807) is 6.07 Å². The fourth-order valence-electron chi connectivity index (χ4n) is 4.67. The SMILES string of the molecule is COC(=O)/C=C/CC[C@H](NC(=O)c1csnn1)C(=O)Nc1cccn(CC(=O)NC23CC(C2)[C@@H]3C)c1=O.